The zero-order valence-electron chi connectivity index (χ0n) is 15.4. The third-order valence-corrected chi connectivity index (χ3v) is 4.99. The molecule has 1 amide bonds. The maximum atomic E-state index is 12.3. The lowest BCUT2D eigenvalue weighted by Gasteiger charge is -2.36. The molecule has 0 bridgehead atoms. The van der Waals surface area contributed by atoms with Crippen molar-refractivity contribution in [1.29, 1.82) is 0 Å². The zero-order valence-corrected chi connectivity index (χ0v) is 15.4. The molecule has 0 unspecified atom stereocenters. The Bertz CT molecular complexity index is 749. The van der Waals surface area contributed by atoms with Crippen LogP contribution < -0.4 is 10.2 Å². The molecule has 1 aliphatic heterocycles. The molecule has 0 aromatic heterocycles. The van der Waals surface area contributed by atoms with Crippen molar-refractivity contribution in [2.45, 2.75) is 20.8 Å². The van der Waals surface area contributed by atoms with E-state index in [1.807, 2.05) is 18.2 Å². The molecule has 1 heterocycles. The van der Waals surface area contributed by atoms with E-state index in [4.69, 9.17) is 0 Å². The molecule has 1 fully saturated rings. The van der Waals surface area contributed by atoms with Gasteiger partial charge in [0.15, 0.2) is 0 Å². The Hall–Kier alpha value is -2.33. The van der Waals surface area contributed by atoms with Gasteiger partial charge in [-0.05, 0) is 55.7 Å². The van der Waals surface area contributed by atoms with Crippen molar-refractivity contribution in [3.05, 3.63) is 59.2 Å². The number of aryl methyl sites for hydroxylation is 3. The topological polar surface area (TPSA) is 35.6 Å². The highest BCUT2D eigenvalue weighted by Gasteiger charge is 2.20. The highest BCUT2D eigenvalue weighted by atomic mass is 16.2. The van der Waals surface area contributed by atoms with Crippen LogP contribution in [0.1, 0.15) is 16.7 Å². The van der Waals surface area contributed by atoms with Crippen molar-refractivity contribution < 1.29 is 4.79 Å². The van der Waals surface area contributed by atoms with Crippen molar-refractivity contribution in [2.75, 3.05) is 42.9 Å². The maximum Gasteiger partial charge on any atom is 0.238 e. The summed E-state index contributed by atoms with van der Waals surface area (Å²) >= 11 is 0. The Morgan fingerprint density at radius 2 is 1.64 bits per heavy atom. The SMILES string of the molecule is Cc1ccc(NC(=O)CN2CCN(c3ccccc3C)CC2)cc1C. The summed E-state index contributed by atoms with van der Waals surface area (Å²) in [5.74, 6) is 0.0626. The summed E-state index contributed by atoms with van der Waals surface area (Å²) in [5, 5.41) is 3.02. The first-order valence-electron chi connectivity index (χ1n) is 8.93. The minimum absolute atomic E-state index is 0.0626. The van der Waals surface area contributed by atoms with E-state index >= 15 is 0 Å². The van der Waals surface area contributed by atoms with Gasteiger partial charge in [-0.15, -0.1) is 0 Å². The van der Waals surface area contributed by atoms with Gasteiger partial charge in [-0.3, -0.25) is 9.69 Å². The molecule has 2 aromatic carbocycles. The van der Waals surface area contributed by atoms with Crippen molar-refractivity contribution in [1.82, 2.24) is 4.90 Å². The van der Waals surface area contributed by atoms with Crippen LogP contribution >= 0.6 is 0 Å². The number of hydrogen-bond acceptors (Lipinski definition) is 3. The number of carbonyl (C=O) groups excluding carboxylic acids is 1. The summed E-state index contributed by atoms with van der Waals surface area (Å²) in [6.45, 7) is 10.5. The van der Waals surface area contributed by atoms with Gasteiger partial charge in [0.05, 0.1) is 6.54 Å². The fraction of sp³-hybridized carbons (Fsp3) is 0.381. The molecule has 4 heteroatoms. The molecule has 1 saturated heterocycles. The lowest BCUT2D eigenvalue weighted by atomic mass is 10.1. The Morgan fingerprint density at radius 1 is 0.920 bits per heavy atom. The molecular weight excluding hydrogens is 310 g/mol. The lowest BCUT2D eigenvalue weighted by Crippen LogP contribution is -2.48. The van der Waals surface area contributed by atoms with Gasteiger partial charge in [0, 0.05) is 37.6 Å². The normalized spacial score (nSPS) is 15.2. The average molecular weight is 337 g/mol. The summed E-state index contributed by atoms with van der Waals surface area (Å²) in [4.78, 5) is 17.0. The Labute approximate surface area is 150 Å². The van der Waals surface area contributed by atoms with E-state index in [1.54, 1.807) is 0 Å². The molecule has 1 aliphatic rings. The van der Waals surface area contributed by atoms with Crippen LogP contribution in [-0.2, 0) is 4.79 Å². The summed E-state index contributed by atoms with van der Waals surface area (Å²) in [7, 11) is 0. The maximum absolute atomic E-state index is 12.3. The fourth-order valence-corrected chi connectivity index (χ4v) is 3.29. The van der Waals surface area contributed by atoms with Gasteiger partial charge in [-0.25, -0.2) is 0 Å². The van der Waals surface area contributed by atoms with E-state index in [1.165, 1.54) is 22.4 Å². The minimum Gasteiger partial charge on any atom is -0.369 e. The second-order valence-corrected chi connectivity index (χ2v) is 6.90. The number of amides is 1. The van der Waals surface area contributed by atoms with Crippen LogP contribution in [0.25, 0.3) is 0 Å². The standard InChI is InChI=1S/C21H27N3O/c1-16-8-9-19(14-18(16)3)22-21(25)15-23-10-12-24(13-11-23)20-7-5-4-6-17(20)2/h4-9,14H,10-13,15H2,1-3H3,(H,22,25). The van der Waals surface area contributed by atoms with E-state index in [9.17, 15) is 4.79 Å². The molecule has 0 spiro atoms. The van der Waals surface area contributed by atoms with Gasteiger partial charge >= 0.3 is 0 Å². The van der Waals surface area contributed by atoms with Crippen molar-refractivity contribution >= 4 is 17.3 Å². The largest absolute Gasteiger partial charge is 0.369 e. The molecule has 0 aliphatic carbocycles. The van der Waals surface area contributed by atoms with Crippen LogP contribution in [0, 0.1) is 20.8 Å². The Kier molecular flexibility index (Phi) is 5.39. The van der Waals surface area contributed by atoms with E-state index in [2.05, 4.69) is 60.2 Å². The number of carbonyl (C=O) groups is 1. The van der Waals surface area contributed by atoms with Gasteiger partial charge in [0.1, 0.15) is 0 Å². The monoisotopic (exact) mass is 337 g/mol. The van der Waals surface area contributed by atoms with Gasteiger partial charge in [0.25, 0.3) is 0 Å². The molecular formula is C21H27N3O. The fourth-order valence-electron chi connectivity index (χ4n) is 3.29. The summed E-state index contributed by atoms with van der Waals surface area (Å²) in [5.41, 5.74) is 5.94. The predicted molar refractivity (Wildman–Crippen MR) is 104 cm³/mol. The Balaban J connectivity index is 1.51. The minimum atomic E-state index is 0.0626. The molecule has 0 radical (unpaired) electrons. The van der Waals surface area contributed by atoms with E-state index in [-0.39, 0.29) is 5.91 Å². The quantitative estimate of drug-likeness (QED) is 0.929. The molecule has 2 aromatic rings. The number of nitrogens with zero attached hydrogens (tertiary/aromatic N) is 2. The number of nitrogens with one attached hydrogen (secondary N) is 1. The van der Waals surface area contributed by atoms with Crippen LogP contribution in [0.2, 0.25) is 0 Å². The first-order valence-corrected chi connectivity index (χ1v) is 8.93. The number of hydrogen-bond donors (Lipinski definition) is 1. The molecule has 3 rings (SSSR count). The number of anilines is 2. The van der Waals surface area contributed by atoms with Gasteiger partial charge in [0.2, 0.25) is 5.91 Å². The highest BCUT2D eigenvalue weighted by Crippen LogP contribution is 2.20. The molecule has 4 nitrogen and oxygen atoms in total. The molecule has 1 N–H and O–H groups in total. The van der Waals surface area contributed by atoms with Crippen molar-refractivity contribution in [3.8, 4) is 0 Å². The van der Waals surface area contributed by atoms with Crippen molar-refractivity contribution in [2.24, 2.45) is 0 Å². The Morgan fingerprint density at radius 3 is 2.32 bits per heavy atom. The van der Waals surface area contributed by atoms with Crippen LogP contribution in [0.4, 0.5) is 11.4 Å². The second-order valence-electron chi connectivity index (χ2n) is 6.90. The average Bonchev–Trinajstić information content (AvgIpc) is 2.59. The van der Waals surface area contributed by atoms with Gasteiger partial charge < -0.3 is 10.2 Å². The molecule has 0 atom stereocenters. The van der Waals surface area contributed by atoms with E-state index < -0.39 is 0 Å². The van der Waals surface area contributed by atoms with E-state index in [0.717, 1.165) is 31.9 Å². The number of para-hydroxylation sites is 1. The van der Waals surface area contributed by atoms with Crippen LogP contribution in [0.15, 0.2) is 42.5 Å². The third kappa shape index (κ3) is 4.40. The first kappa shape index (κ1) is 17.5. The van der Waals surface area contributed by atoms with Crippen LogP contribution in [0.3, 0.4) is 0 Å². The van der Waals surface area contributed by atoms with E-state index in [0.29, 0.717) is 6.54 Å². The highest BCUT2D eigenvalue weighted by molar-refractivity contribution is 5.92. The molecule has 0 saturated carbocycles. The lowest BCUT2D eigenvalue weighted by molar-refractivity contribution is -0.117. The number of piperazine rings is 1. The predicted octanol–water partition coefficient (Wildman–Crippen LogP) is 3.37. The summed E-state index contributed by atoms with van der Waals surface area (Å²) in [6, 6.07) is 14.5. The number of rotatable bonds is 4. The van der Waals surface area contributed by atoms with Gasteiger partial charge in [-0.2, -0.15) is 0 Å². The van der Waals surface area contributed by atoms with Crippen LogP contribution in [-0.4, -0.2) is 43.5 Å². The smallest absolute Gasteiger partial charge is 0.238 e. The second kappa shape index (κ2) is 7.70. The number of benzene rings is 2. The van der Waals surface area contributed by atoms with Gasteiger partial charge in [-0.1, -0.05) is 24.3 Å². The van der Waals surface area contributed by atoms with Crippen LogP contribution in [0.5, 0.6) is 0 Å². The summed E-state index contributed by atoms with van der Waals surface area (Å²) < 4.78 is 0. The zero-order chi connectivity index (χ0) is 17.8. The molecule has 25 heavy (non-hydrogen) atoms. The first-order chi connectivity index (χ1) is 12.0. The van der Waals surface area contributed by atoms with Crippen molar-refractivity contribution in [3.63, 3.8) is 0 Å². The third-order valence-electron chi connectivity index (χ3n) is 4.99. The molecule has 132 valence electrons. The summed E-state index contributed by atoms with van der Waals surface area (Å²) in [6.07, 6.45) is 0.